The summed E-state index contributed by atoms with van der Waals surface area (Å²) in [5.41, 5.74) is 0.383. The highest BCUT2D eigenvalue weighted by Gasteiger charge is 2.39. The summed E-state index contributed by atoms with van der Waals surface area (Å²) in [7, 11) is 5.40. The van der Waals surface area contributed by atoms with Crippen LogP contribution in [0, 0.1) is 0 Å². The fraction of sp³-hybridized carbons (Fsp3) is 0.667. The van der Waals surface area contributed by atoms with Crippen LogP contribution in [0.1, 0.15) is 20.3 Å². The Labute approximate surface area is 103 Å². The van der Waals surface area contributed by atoms with Gasteiger partial charge >= 0.3 is 5.97 Å². The van der Waals surface area contributed by atoms with Crippen molar-refractivity contribution in [1.82, 2.24) is 5.32 Å². The third-order valence-electron chi connectivity index (χ3n) is 2.61. The molecule has 0 aliphatic rings. The standard InChI is InChI=1S/C12H22N2O3/c1-7-9(13-11(15)8(2)3)10(12(16)17)14(4,5)6/h9-10H,2,7H2,1,3-6H3,(H-,13,15,16,17)/p+1. The highest BCUT2D eigenvalue weighted by Crippen LogP contribution is 2.12. The largest absolute Gasteiger partial charge is 0.477 e. The van der Waals surface area contributed by atoms with Gasteiger partial charge in [0.25, 0.3) is 0 Å². The summed E-state index contributed by atoms with van der Waals surface area (Å²) in [4.78, 5) is 22.9. The Bertz CT molecular complexity index is 318. The average molecular weight is 243 g/mol. The van der Waals surface area contributed by atoms with E-state index in [9.17, 15) is 14.7 Å². The van der Waals surface area contributed by atoms with Gasteiger partial charge in [-0.3, -0.25) is 4.79 Å². The van der Waals surface area contributed by atoms with Gasteiger partial charge in [0.1, 0.15) is 0 Å². The topological polar surface area (TPSA) is 66.4 Å². The minimum absolute atomic E-state index is 0.254. The third-order valence-corrected chi connectivity index (χ3v) is 2.61. The van der Waals surface area contributed by atoms with Gasteiger partial charge in [-0.2, -0.15) is 0 Å². The molecule has 0 aliphatic heterocycles. The molecular formula is C12H23N2O3+. The number of nitrogens with one attached hydrogen (secondary N) is 1. The Morgan fingerprint density at radius 3 is 2.06 bits per heavy atom. The average Bonchev–Trinajstić information content (AvgIpc) is 2.13. The van der Waals surface area contributed by atoms with E-state index in [1.165, 1.54) is 0 Å². The van der Waals surface area contributed by atoms with Crippen LogP contribution in [0.3, 0.4) is 0 Å². The van der Waals surface area contributed by atoms with Gasteiger partial charge in [0.2, 0.25) is 11.9 Å². The van der Waals surface area contributed by atoms with Crippen LogP contribution in [0.4, 0.5) is 0 Å². The zero-order valence-electron chi connectivity index (χ0n) is 11.3. The van der Waals surface area contributed by atoms with E-state index < -0.39 is 18.1 Å². The summed E-state index contributed by atoms with van der Waals surface area (Å²) in [6, 6.07) is -1.08. The number of nitrogens with zero attached hydrogens (tertiary/aromatic N) is 1. The Morgan fingerprint density at radius 2 is 1.82 bits per heavy atom. The molecule has 2 atom stereocenters. The molecular weight excluding hydrogens is 220 g/mol. The minimum atomic E-state index is -0.911. The van der Waals surface area contributed by atoms with E-state index in [4.69, 9.17) is 0 Å². The van der Waals surface area contributed by atoms with E-state index >= 15 is 0 Å². The number of hydrogen-bond acceptors (Lipinski definition) is 2. The molecule has 0 fully saturated rings. The SMILES string of the molecule is C=C(C)C(=O)NC(CC)C(C(=O)O)[N+](C)(C)C. The number of likely N-dealkylation sites (N-methyl/N-ethyl adjacent to an activating group) is 1. The normalized spacial score (nSPS) is 14.9. The zero-order valence-corrected chi connectivity index (χ0v) is 11.3. The third kappa shape index (κ3) is 4.56. The number of quaternary nitrogens is 1. The Balaban J connectivity index is 5.00. The van der Waals surface area contributed by atoms with E-state index in [0.717, 1.165) is 0 Å². The number of hydrogen-bond donors (Lipinski definition) is 2. The van der Waals surface area contributed by atoms with Crippen LogP contribution >= 0.6 is 0 Å². The summed E-state index contributed by atoms with van der Waals surface area (Å²) in [5, 5.41) is 12.0. The molecule has 2 N–H and O–H groups in total. The van der Waals surface area contributed by atoms with Crippen LogP contribution in [-0.4, -0.2) is 54.7 Å². The molecule has 0 spiro atoms. The highest BCUT2D eigenvalue weighted by atomic mass is 16.4. The fourth-order valence-corrected chi connectivity index (χ4v) is 1.74. The van der Waals surface area contributed by atoms with Crippen molar-refractivity contribution in [1.29, 1.82) is 0 Å². The van der Waals surface area contributed by atoms with Gasteiger partial charge < -0.3 is 14.9 Å². The molecule has 5 heteroatoms. The molecule has 1 amide bonds. The highest BCUT2D eigenvalue weighted by molar-refractivity contribution is 5.92. The van der Waals surface area contributed by atoms with Crippen molar-refractivity contribution in [2.24, 2.45) is 0 Å². The maximum Gasteiger partial charge on any atom is 0.364 e. The van der Waals surface area contributed by atoms with Crippen molar-refractivity contribution in [2.45, 2.75) is 32.4 Å². The number of rotatable bonds is 6. The fourth-order valence-electron chi connectivity index (χ4n) is 1.74. The minimum Gasteiger partial charge on any atom is -0.477 e. The van der Waals surface area contributed by atoms with Gasteiger partial charge in [-0.15, -0.1) is 0 Å². The van der Waals surface area contributed by atoms with Crippen LogP contribution < -0.4 is 5.32 Å². The molecule has 5 nitrogen and oxygen atoms in total. The van der Waals surface area contributed by atoms with Crippen LogP contribution in [0.5, 0.6) is 0 Å². The van der Waals surface area contributed by atoms with Crippen LogP contribution in [0.2, 0.25) is 0 Å². The number of amides is 1. The molecule has 0 aromatic rings. The van der Waals surface area contributed by atoms with E-state index in [-0.39, 0.29) is 10.4 Å². The summed E-state index contributed by atoms with van der Waals surface area (Å²) in [6.07, 6.45) is 0.561. The zero-order chi connectivity index (χ0) is 13.8. The van der Waals surface area contributed by atoms with Crippen molar-refractivity contribution in [3.63, 3.8) is 0 Å². The lowest BCUT2D eigenvalue weighted by atomic mass is 10.0. The van der Waals surface area contributed by atoms with Gasteiger partial charge in [0.15, 0.2) is 0 Å². The summed E-state index contributed by atoms with van der Waals surface area (Å²) in [5.74, 6) is -1.21. The van der Waals surface area contributed by atoms with Crippen molar-refractivity contribution >= 4 is 11.9 Å². The van der Waals surface area contributed by atoms with Gasteiger partial charge in [-0.25, -0.2) is 4.79 Å². The van der Waals surface area contributed by atoms with Crippen LogP contribution in [-0.2, 0) is 9.59 Å². The quantitative estimate of drug-likeness (QED) is 0.531. The molecule has 0 aromatic carbocycles. The summed E-state index contributed by atoms with van der Waals surface area (Å²) in [6.45, 7) is 7.00. The first-order valence-electron chi connectivity index (χ1n) is 5.61. The molecule has 0 radical (unpaired) electrons. The lowest BCUT2D eigenvalue weighted by Crippen LogP contribution is -2.60. The van der Waals surface area contributed by atoms with E-state index in [0.29, 0.717) is 12.0 Å². The number of carboxylic acids is 1. The second-order valence-electron chi connectivity index (χ2n) is 5.17. The summed E-state index contributed by atoms with van der Waals surface area (Å²) < 4.78 is 0.254. The first-order valence-corrected chi connectivity index (χ1v) is 5.61. The molecule has 2 unspecified atom stereocenters. The predicted octanol–water partition coefficient (Wildman–Crippen LogP) is 0.617. The van der Waals surface area contributed by atoms with Crippen LogP contribution in [0.15, 0.2) is 12.2 Å². The molecule has 0 aromatic heterocycles. The van der Waals surface area contributed by atoms with Crippen molar-refractivity contribution in [3.8, 4) is 0 Å². The number of carboxylic acid groups (broad SMARTS) is 1. The van der Waals surface area contributed by atoms with Gasteiger partial charge in [-0.05, 0) is 13.3 Å². The monoisotopic (exact) mass is 243 g/mol. The number of carbonyl (C=O) groups excluding carboxylic acids is 1. The van der Waals surface area contributed by atoms with Gasteiger partial charge in [-0.1, -0.05) is 13.5 Å². The predicted molar refractivity (Wildman–Crippen MR) is 66.5 cm³/mol. The molecule has 0 saturated heterocycles. The van der Waals surface area contributed by atoms with Gasteiger partial charge in [0, 0.05) is 5.57 Å². The lowest BCUT2D eigenvalue weighted by Gasteiger charge is -2.36. The molecule has 0 heterocycles. The maximum absolute atomic E-state index is 11.6. The maximum atomic E-state index is 11.6. The van der Waals surface area contributed by atoms with Gasteiger partial charge in [0.05, 0.1) is 27.2 Å². The van der Waals surface area contributed by atoms with Crippen molar-refractivity contribution in [2.75, 3.05) is 21.1 Å². The second kappa shape index (κ2) is 5.82. The molecule has 0 rings (SSSR count). The van der Waals surface area contributed by atoms with E-state index in [2.05, 4.69) is 11.9 Å². The first-order chi connectivity index (χ1) is 7.61. The molecule has 17 heavy (non-hydrogen) atoms. The van der Waals surface area contributed by atoms with Crippen molar-refractivity contribution < 1.29 is 19.2 Å². The first kappa shape index (κ1) is 15.6. The Hall–Kier alpha value is -1.36. The smallest absolute Gasteiger partial charge is 0.364 e. The molecule has 98 valence electrons. The Kier molecular flexibility index (Phi) is 5.35. The number of carbonyl (C=O) groups is 2. The van der Waals surface area contributed by atoms with E-state index in [1.54, 1.807) is 28.1 Å². The van der Waals surface area contributed by atoms with Crippen molar-refractivity contribution in [3.05, 3.63) is 12.2 Å². The summed E-state index contributed by atoms with van der Waals surface area (Å²) >= 11 is 0. The second-order valence-corrected chi connectivity index (χ2v) is 5.17. The molecule has 0 saturated carbocycles. The Morgan fingerprint density at radius 1 is 1.35 bits per heavy atom. The molecule has 0 bridgehead atoms. The number of aliphatic carboxylic acids is 1. The lowest BCUT2D eigenvalue weighted by molar-refractivity contribution is -0.888. The van der Waals surface area contributed by atoms with Crippen LogP contribution in [0.25, 0.3) is 0 Å². The molecule has 0 aliphatic carbocycles. The van der Waals surface area contributed by atoms with E-state index in [1.807, 2.05) is 6.92 Å².